The molecule has 1 aliphatic rings. The molecule has 0 spiro atoms. The fourth-order valence-corrected chi connectivity index (χ4v) is 1.92. The van der Waals surface area contributed by atoms with E-state index in [1.807, 2.05) is 0 Å². The zero-order valence-corrected chi connectivity index (χ0v) is 9.92. The Morgan fingerprint density at radius 2 is 2.35 bits per heavy atom. The minimum Gasteiger partial charge on any atom is -0.303 e. The smallest absolute Gasteiger partial charge is 0.236 e. The minimum absolute atomic E-state index is 0.0779. The van der Waals surface area contributed by atoms with Crippen molar-refractivity contribution in [3.8, 4) is 0 Å². The third-order valence-corrected chi connectivity index (χ3v) is 3.10. The molecule has 1 fully saturated rings. The number of carbonyl (C=O) groups is 1. The molecule has 88 valence electrons. The standard InChI is InChI=1S/C11H10FN3OS/c1-7-8(3-2-4-9(7)12)5-13-15-11-14-10(16)6-17-11/h2-5H,6H2,1H3,(H,14,15,16). The molecular weight excluding hydrogens is 241 g/mol. The Labute approximate surface area is 102 Å². The molecule has 0 unspecified atom stereocenters. The molecule has 0 atom stereocenters. The van der Waals surface area contributed by atoms with Crippen molar-refractivity contribution in [3.63, 3.8) is 0 Å². The molecule has 1 amide bonds. The highest BCUT2D eigenvalue weighted by atomic mass is 32.2. The molecule has 17 heavy (non-hydrogen) atoms. The second-order valence-corrected chi connectivity index (χ2v) is 4.40. The average Bonchev–Trinajstić information content (AvgIpc) is 2.70. The molecule has 1 aromatic rings. The second kappa shape index (κ2) is 5.09. The highest BCUT2D eigenvalue weighted by Gasteiger charge is 2.15. The molecule has 2 rings (SSSR count). The lowest BCUT2D eigenvalue weighted by Gasteiger charge is -1.99. The van der Waals surface area contributed by atoms with Crippen molar-refractivity contribution < 1.29 is 9.18 Å². The van der Waals surface area contributed by atoms with Crippen LogP contribution in [-0.4, -0.2) is 23.0 Å². The van der Waals surface area contributed by atoms with Gasteiger partial charge in [0, 0.05) is 5.56 Å². The number of thioether (sulfide) groups is 1. The molecule has 0 radical (unpaired) electrons. The van der Waals surface area contributed by atoms with Gasteiger partial charge < -0.3 is 5.32 Å². The van der Waals surface area contributed by atoms with E-state index < -0.39 is 0 Å². The zero-order valence-electron chi connectivity index (χ0n) is 9.11. The van der Waals surface area contributed by atoms with Crippen LogP contribution in [0.5, 0.6) is 0 Å². The Kier molecular flexibility index (Phi) is 3.53. The molecule has 4 nitrogen and oxygen atoms in total. The van der Waals surface area contributed by atoms with Crippen molar-refractivity contribution in [3.05, 3.63) is 35.1 Å². The molecule has 0 aromatic heterocycles. The van der Waals surface area contributed by atoms with Gasteiger partial charge in [0.2, 0.25) is 5.91 Å². The summed E-state index contributed by atoms with van der Waals surface area (Å²) < 4.78 is 13.2. The van der Waals surface area contributed by atoms with Gasteiger partial charge in [-0.05, 0) is 18.6 Å². The van der Waals surface area contributed by atoms with Crippen molar-refractivity contribution in [1.82, 2.24) is 5.32 Å². The van der Waals surface area contributed by atoms with Gasteiger partial charge in [-0.1, -0.05) is 23.9 Å². The van der Waals surface area contributed by atoms with Gasteiger partial charge in [0.15, 0.2) is 5.17 Å². The van der Waals surface area contributed by atoms with Crippen LogP contribution in [-0.2, 0) is 4.79 Å². The molecule has 1 saturated heterocycles. The van der Waals surface area contributed by atoms with Gasteiger partial charge in [0.25, 0.3) is 0 Å². The predicted octanol–water partition coefficient (Wildman–Crippen LogP) is 1.69. The third kappa shape index (κ3) is 2.91. The molecule has 0 saturated carbocycles. The summed E-state index contributed by atoms with van der Waals surface area (Å²) in [6.07, 6.45) is 1.47. The van der Waals surface area contributed by atoms with E-state index in [9.17, 15) is 9.18 Å². The normalized spacial score (nSPS) is 18.0. The maximum Gasteiger partial charge on any atom is 0.236 e. The van der Waals surface area contributed by atoms with Gasteiger partial charge in [0.1, 0.15) is 5.82 Å². The fraction of sp³-hybridized carbons (Fsp3) is 0.182. The van der Waals surface area contributed by atoms with Crippen molar-refractivity contribution in [2.75, 3.05) is 5.75 Å². The molecule has 1 aliphatic heterocycles. The van der Waals surface area contributed by atoms with E-state index in [4.69, 9.17) is 0 Å². The average molecular weight is 251 g/mol. The molecule has 1 heterocycles. The molecule has 0 aliphatic carbocycles. The monoisotopic (exact) mass is 251 g/mol. The van der Waals surface area contributed by atoms with Crippen LogP contribution in [0.4, 0.5) is 4.39 Å². The van der Waals surface area contributed by atoms with Gasteiger partial charge >= 0.3 is 0 Å². The highest BCUT2D eigenvalue weighted by molar-refractivity contribution is 8.15. The summed E-state index contributed by atoms with van der Waals surface area (Å²) in [6.45, 7) is 1.68. The van der Waals surface area contributed by atoms with E-state index in [1.165, 1.54) is 24.0 Å². The zero-order chi connectivity index (χ0) is 12.3. The lowest BCUT2D eigenvalue weighted by molar-refractivity contribution is -0.116. The topological polar surface area (TPSA) is 53.8 Å². The predicted molar refractivity (Wildman–Crippen MR) is 66.8 cm³/mol. The van der Waals surface area contributed by atoms with Crippen LogP contribution in [0.2, 0.25) is 0 Å². The third-order valence-electron chi connectivity index (χ3n) is 2.24. The first-order valence-corrected chi connectivity index (χ1v) is 5.94. The Morgan fingerprint density at radius 3 is 3.06 bits per heavy atom. The first-order chi connectivity index (χ1) is 8.16. The number of halogens is 1. The number of hydrogen-bond acceptors (Lipinski definition) is 4. The van der Waals surface area contributed by atoms with Gasteiger partial charge in [-0.2, -0.15) is 5.10 Å². The van der Waals surface area contributed by atoms with E-state index >= 15 is 0 Å². The Hall–Kier alpha value is -1.69. The van der Waals surface area contributed by atoms with E-state index in [0.29, 0.717) is 22.0 Å². The van der Waals surface area contributed by atoms with Crippen LogP contribution in [0.3, 0.4) is 0 Å². The van der Waals surface area contributed by atoms with Crippen molar-refractivity contribution >= 4 is 29.1 Å². The van der Waals surface area contributed by atoms with Crippen molar-refractivity contribution in [2.24, 2.45) is 10.2 Å². The summed E-state index contributed by atoms with van der Waals surface area (Å²) in [4.78, 5) is 10.9. The van der Waals surface area contributed by atoms with Crippen LogP contribution in [0.25, 0.3) is 0 Å². The number of benzene rings is 1. The van der Waals surface area contributed by atoms with Gasteiger partial charge in [-0.3, -0.25) is 4.79 Å². The summed E-state index contributed by atoms with van der Waals surface area (Å²) in [5, 5.41) is 10.7. The fourth-order valence-electron chi connectivity index (χ4n) is 1.29. The summed E-state index contributed by atoms with van der Waals surface area (Å²) in [6, 6.07) is 4.76. The van der Waals surface area contributed by atoms with E-state index in [1.54, 1.807) is 19.1 Å². The lowest BCUT2D eigenvalue weighted by Crippen LogP contribution is -2.19. The number of hydrogen-bond donors (Lipinski definition) is 1. The second-order valence-electron chi connectivity index (χ2n) is 3.44. The Bertz CT molecular complexity index is 513. The number of amides is 1. The van der Waals surface area contributed by atoms with Crippen molar-refractivity contribution in [1.29, 1.82) is 0 Å². The Morgan fingerprint density at radius 1 is 1.53 bits per heavy atom. The lowest BCUT2D eigenvalue weighted by atomic mass is 10.1. The highest BCUT2D eigenvalue weighted by Crippen LogP contribution is 2.11. The van der Waals surface area contributed by atoms with Crippen LogP contribution < -0.4 is 5.32 Å². The largest absolute Gasteiger partial charge is 0.303 e. The summed E-state index contributed by atoms with van der Waals surface area (Å²) in [5.41, 5.74) is 1.20. The summed E-state index contributed by atoms with van der Waals surface area (Å²) in [7, 11) is 0. The number of nitrogens with one attached hydrogen (secondary N) is 1. The number of amidine groups is 1. The molecule has 0 bridgehead atoms. The summed E-state index contributed by atoms with van der Waals surface area (Å²) >= 11 is 1.29. The van der Waals surface area contributed by atoms with Crippen LogP contribution in [0, 0.1) is 12.7 Å². The Balaban J connectivity index is 2.11. The van der Waals surface area contributed by atoms with Crippen LogP contribution in [0.15, 0.2) is 28.4 Å². The van der Waals surface area contributed by atoms with E-state index in [0.717, 1.165) is 0 Å². The van der Waals surface area contributed by atoms with Crippen LogP contribution in [0.1, 0.15) is 11.1 Å². The van der Waals surface area contributed by atoms with Gasteiger partial charge in [-0.15, -0.1) is 5.10 Å². The summed E-state index contributed by atoms with van der Waals surface area (Å²) in [5.74, 6) is 0.0175. The SMILES string of the molecule is Cc1c(F)cccc1C=NN=C1NC(=O)CS1. The van der Waals surface area contributed by atoms with Crippen molar-refractivity contribution in [2.45, 2.75) is 6.92 Å². The number of nitrogens with zero attached hydrogens (tertiary/aromatic N) is 2. The minimum atomic E-state index is -0.273. The first-order valence-electron chi connectivity index (χ1n) is 4.95. The first kappa shape index (κ1) is 11.8. The van der Waals surface area contributed by atoms with Crippen LogP contribution >= 0.6 is 11.8 Å². The van der Waals surface area contributed by atoms with E-state index in [2.05, 4.69) is 15.5 Å². The molecule has 1 N–H and O–H groups in total. The number of carbonyl (C=O) groups excluding carboxylic acids is 1. The molecule has 6 heteroatoms. The molecule has 1 aromatic carbocycles. The quantitative estimate of drug-likeness (QED) is 0.642. The van der Waals surface area contributed by atoms with E-state index in [-0.39, 0.29) is 11.7 Å². The van der Waals surface area contributed by atoms with Gasteiger partial charge in [0.05, 0.1) is 12.0 Å². The molecular formula is C11H10FN3OS. The van der Waals surface area contributed by atoms with Gasteiger partial charge in [-0.25, -0.2) is 4.39 Å². The maximum atomic E-state index is 13.2. The maximum absolute atomic E-state index is 13.2. The number of rotatable bonds is 2.